The Morgan fingerprint density at radius 2 is 1.83 bits per heavy atom. The Hall–Kier alpha value is -4.33. The lowest BCUT2D eigenvalue weighted by molar-refractivity contribution is 0.693. The molecule has 4 heterocycles. The number of rotatable bonds is 4. The molecule has 0 saturated heterocycles. The standard InChI is InChI=1S/C22H16N8/c1-3-18(12-20-17(1)13-24-26-20)30-22-11-16(2-4-19(22)27-28-30)21-7-10-25-29(21)14-15-5-8-23-9-6-15/h1-13H,14H2,(H,24,26). The van der Waals surface area contributed by atoms with Crippen LogP contribution in [0.4, 0.5) is 0 Å². The first kappa shape index (κ1) is 16.6. The Morgan fingerprint density at radius 3 is 2.77 bits per heavy atom. The SMILES string of the molecule is c1cc(Cn2nccc2-c2ccc3nnn(-c4ccc5cn[nH]c5c4)c3c2)ccn1. The number of hydrogen-bond donors (Lipinski definition) is 1. The predicted octanol–water partition coefficient (Wildman–Crippen LogP) is 3.60. The van der Waals surface area contributed by atoms with Crippen LogP contribution in [0.25, 0.3) is 38.9 Å². The molecule has 1 N–H and O–H groups in total. The van der Waals surface area contributed by atoms with Crippen molar-refractivity contribution >= 4 is 21.9 Å². The highest BCUT2D eigenvalue weighted by Gasteiger charge is 2.12. The highest BCUT2D eigenvalue weighted by atomic mass is 15.4. The molecule has 0 radical (unpaired) electrons. The molecule has 4 aromatic heterocycles. The third-order valence-electron chi connectivity index (χ3n) is 5.21. The third kappa shape index (κ3) is 2.74. The monoisotopic (exact) mass is 392 g/mol. The predicted molar refractivity (Wildman–Crippen MR) is 113 cm³/mol. The Morgan fingerprint density at radius 1 is 0.900 bits per heavy atom. The molecule has 0 spiro atoms. The van der Waals surface area contributed by atoms with Crippen LogP contribution in [0, 0.1) is 0 Å². The minimum atomic E-state index is 0.677. The molecule has 0 aliphatic heterocycles. The topological polar surface area (TPSA) is 90.1 Å². The molecule has 0 atom stereocenters. The minimum Gasteiger partial charge on any atom is -0.278 e. The Balaban J connectivity index is 1.44. The molecule has 6 aromatic rings. The lowest BCUT2D eigenvalue weighted by Gasteiger charge is -2.09. The quantitative estimate of drug-likeness (QED) is 0.495. The van der Waals surface area contributed by atoms with Gasteiger partial charge in [-0.2, -0.15) is 10.2 Å². The molecular weight excluding hydrogens is 376 g/mol. The zero-order valence-electron chi connectivity index (χ0n) is 15.8. The van der Waals surface area contributed by atoms with Gasteiger partial charge >= 0.3 is 0 Å². The van der Waals surface area contributed by atoms with E-state index in [9.17, 15) is 0 Å². The minimum absolute atomic E-state index is 0.677. The fraction of sp³-hybridized carbons (Fsp3) is 0.0455. The summed E-state index contributed by atoms with van der Waals surface area (Å²) in [7, 11) is 0. The summed E-state index contributed by atoms with van der Waals surface area (Å²) in [5.74, 6) is 0. The van der Waals surface area contributed by atoms with Gasteiger partial charge < -0.3 is 0 Å². The number of nitrogens with one attached hydrogen (secondary N) is 1. The van der Waals surface area contributed by atoms with Gasteiger partial charge in [-0.05, 0) is 54.1 Å². The van der Waals surface area contributed by atoms with Crippen LogP contribution < -0.4 is 0 Å². The fourth-order valence-electron chi connectivity index (χ4n) is 3.69. The van der Waals surface area contributed by atoms with Gasteiger partial charge in [0.25, 0.3) is 0 Å². The van der Waals surface area contributed by atoms with Crippen LogP contribution in [0.2, 0.25) is 0 Å². The van der Waals surface area contributed by atoms with Crippen molar-refractivity contribution in [3.8, 4) is 16.9 Å². The summed E-state index contributed by atoms with van der Waals surface area (Å²) in [6, 6.07) is 18.2. The first-order chi connectivity index (χ1) is 14.8. The summed E-state index contributed by atoms with van der Waals surface area (Å²) in [6.45, 7) is 0.677. The van der Waals surface area contributed by atoms with Crippen molar-refractivity contribution in [1.82, 2.24) is 40.0 Å². The molecule has 8 heteroatoms. The van der Waals surface area contributed by atoms with E-state index in [1.54, 1.807) is 18.6 Å². The first-order valence-electron chi connectivity index (χ1n) is 9.55. The second-order valence-corrected chi connectivity index (χ2v) is 7.08. The molecular formula is C22H16N8. The van der Waals surface area contributed by atoms with Gasteiger partial charge in [0.1, 0.15) is 5.52 Å². The van der Waals surface area contributed by atoms with Crippen molar-refractivity contribution in [3.05, 3.63) is 84.9 Å². The molecule has 0 saturated carbocycles. The van der Waals surface area contributed by atoms with Crippen LogP contribution in [0.1, 0.15) is 5.56 Å². The van der Waals surface area contributed by atoms with Gasteiger partial charge in [0.05, 0.1) is 35.2 Å². The summed E-state index contributed by atoms with van der Waals surface area (Å²) in [6.07, 6.45) is 7.22. The van der Waals surface area contributed by atoms with E-state index in [1.807, 2.05) is 58.0 Å². The van der Waals surface area contributed by atoms with E-state index in [0.29, 0.717) is 6.54 Å². The summed E-state index contributed by atoms with van der Waals surface area (Å²) in [5, 5.41) is 21.4. The summed E-state index contributed by atoms with van der Waals surface area (Å²) in [4.78, 5) is 4.08. The van der Waals surface area contributed by atoms with Crippen LogP contribution in [0.3, 0.4) is 0 Å². The second kappa shape index (κ2) is 6.63. The number of H-pyrrole nitrogens is 1. The van der Waals surface area contributed by atoms with Gasteiger partial charge in [0.2, 0.25) is 0 Å². The van der Waals surface area contributed by atoms with Crippen molar-refractivity contribution in [1.29, 1.82) is 0 Å². The highest BCUT2D eigenvalue weighted by molar-refractivity contribution is 5.84. The number of nitrogens with zero attached hydrogens (tertiary/aromatic N) is 7. The largest absolute Gasteiger partial charge is 0.278 e. The maximum atomic E-state index is 4.51. The summed E-state index contributed by atoms with van der Waals surface area (Å²) >= 11 is 0. The maximum absolute atomic E-state index is 4.51. The molecule has 0 aliphatic rings. The second-order valence-electron chi connectivity index (χ2n) is 7.08. The number of aromatic amines is 1. The first-order valence-corrected chi connectivity index (χ1v) is 9.55. The zero-order chi connectivity index (χ0) is 19.9. The smallest absolute Gasteiger partial charge is 0.113 e. The lowest BCUT2D eigenvalue weighted by Crippen LogP contribution is -2.03. The van der Waals surface area contributed by atoms with Crippen molar-refractivity contribution in [2.75, 3.05) is 0 Å². The Bertz CT molecular complexity index is 1480. The van der Waals surface area contributed by atoms with E-state index in [1.165, 1.54) is 0 Å². The number of benzene rings is 2. The van der Waals surface area contributed by atoms with Crippen LogP contribution in [-0.4, -0.2) is 40.0 Å². The molecule has 0 unspecified atom stereocenters. The molecule has 2 aromatic carbocycles. The molecule has 144 valence electrons. The van der Waals surface area contributed by atoms with E-state index in [2.05, 4.69) is 42.7 Å². The van der Waals surface area contributed by atoms with Crippen molar-refractivity contribution in [2.45, 2.75) is 6.54 Å². The van der Waals surface area contributed by atoms with Crippen LogP contribution >= 0.6 is 0 Å². The zero-order valence-corrected chi connectivity index (χ0v) is 15.8. The number of hydrogen-bond acceptors (Lipinski definition) is 5. The van der Waals surface area contributed by atoms with Gasteiger partial charge in [-0.1, -0.05) is 11.3 Å². The highest BCUT2D eigenvalue weighted by Crippen LogP contribution is 2.26. The Labute approximate surface area is 170 Å². The molecule has 0 bridgehead atoms. The number of pyridine rings is 1. The number of aromatic nitrogens is 8. The molecule has 0 fully saturated rings. The van der Waals surface area contributed by atoms with Crippen LogP contribution in [-0.2, 0) is 6.54 Å². The van der Waals surface area contributed by atoms with E-state index in [4.69, 9.17) is 0 Å². The lowest BCUT2D eigenvalue weighted by atomic mass is 10.1. The van der Waals surface area contributed by atoms with E-state index in [-0.39, 0.29) is 0 Å². The average molecular weight is 392 g/mol. The molecule has 30 heavy (non-hydrogen) atoms. The van der Waals surface area contributed by atoms with E-state index in [0.717, 1.165) is 44.4 Å². The van der Waals surface area contributed by atoms with Gasteiger partial charge in [0, 0.05) is 29.5 Å². The van der Waals surface area contributed by atoms with Crippen LogP contribution in [0.15, 0.2) is 79.4 Å². The van der Waals surface area contributed by atoms with Crippen molar-refractivity contribution in [2.24, 2.45) is 0 Å². The summed E-state index contributed by atoms with van der Waals surface area (Å²) in [5.41, 5.74) is 6.90. The summed E-state index contributed by atoms with van der Waals surface area (Å²) < 4.78 is 3.84. The van der Waals surface area contributed by atoms with Crippen LogP contribution in [0.5, 0.6) is 0 Å². The Kier molecular flexibility index (Phi) is 3.67. The molecule has 8 nitrogen and oxygen atoms in total. The molecule has 6 rings (SSSR count). The van der Waals surface area contributed by atoms with Gasteiger partial charge in [-0.15, -0.1) is 5.10 Å². The fourth-order valence-corrected chi connectivity index (χ4v) is 3.69. The van der Waals surface area contributed by atoms with Gasteiger partial charge in [0.15, 0.2) is 0 Å². The molecule has 0 aliphatic carbocycles. The van der Waals surface area contributed by atoms with Crippen molar-refractivity contribution in [3.63, 3.8) is 0 Å². The maximum Gasteiger partial charge on any atom is 0.113 e. The van der Waals surface area contributed by atoms with Gasteiger partial charge in [-0.25, -0.2) is 4.68 Å². The van der Waals surface area contributed by atoms with E-state index < -0.39 is 0 Å². The van der Waals surface area contributed by atoms with Gasteiger partial charge in [-0.3, -0.25) is 14.8 Å². The van der Waals surface area contributed by atoms with E-state index >= 15 is 0 Å². The van der Waals surface area contributed by atoms with Crippen molar-refractivity contribution < 1.29 is 0 Å². The molecule has 0 amide bonds. The average Bonchev–Trinajstić information content (AvgIpc) is 3.52. The third-order valence-corrected chi connectivity index (χ3v) is 5.21. The normalized spacial score (nSPS) is 11.5. The number of fused-ring (bicyclic) bond motifs is 2.